The number of hydrogen-bond donors (Lipinski definition) is 1. The van der Waals surface area contributed by atoms with E-state index in [2.05, 4.69) is 18.3 Å². The van der Waals surface area contributed by atoms with Crippen LogP contribution in [0.2, 0.25) is 0 Å². The molecule has 156 valence electrons. The smallest absolute Gasteiger partial charge is 0.248 e. The number of anilines is 1. The minimum atomic E-state index is -0.137. The van der Waals surface area contributed by atoms with Crippen molar-refractivity contribution >= 4 is 28.1 Å². The first-order valence-corrected chi connectivity index (χ1v) is 10.7. The minimum absolute atomic E-state index is 0.137. The van der Waals surface area contributed by atoms with Crippen molar-refractivity contribution in [3.05, 3.63) is 64.4 Å². The Balaban J connectivity index is 1.73. The molecule has 30 heavy (non-hydrogen) atoms. The highest BCUT2D eigenvalue weighted by atomic mass is 16.5. The van der Waals surface area contributed by atoms with Crippen LogP contribution in [0.15, 0.2) is 40.8 Å². The van der Waals surface area contributed by atoms with Crippen molar-refractivity contribution in [1.29, 1.82) is 0 Å². The van der Waals surface area contributed by atoms with Crippen LogP contribution in [0.1, 0.15) is 54.7 Å². The molecule has 1 aliphatic rings. The van der Waals surface area contributed by atoms with Crippen molar-refractivity contribution < 1.29 is 13.9 Å². The number of rotatable bonds is 5. The van der Waals surface area contributed by atoms with Gasteiger partial charge in [-0.1, -0.05) is 25.1 Å². The third-order valence-electron chi connectivity index (χ3n) is 6.06. The number of nitrogens with one attached hydrogen (secondary N) is 1. The van der Waals surface area contributed by atoms with E-state index in [0.717, 1.165) is 69.7 Å². The topological polar surface area (TPSA) is 51.5 Å². The predicted octanol–water partition coefficient (Wildman–Crippen LogP) is 6.23. The normalized spacial score (nSPS) is 13.9. The summed E-state index contributed by atoms with van der Waals surface area (Å²) in [6.45, 7) is 6.08. The van der Waals surface area contributed by atoms with Crippen LogP contribution in [0.3, 0.4) is 0 Å². The Kier molecular flexibility index (Phi) is 5.67. The number of para-hydroxylation sites is 1. The molecule has 0 spiro atoms. The van der Waals surface area contributed by atoms with Gasteiger partial charge in [0.2, 0.25) is 5.91 Å². The Morgan fingerprint density at radius 3 is 2.77 bits per heavy atom. The Hall–Kier alpha value is -3.01. The average molecular weight is 404 g/mol. The molecule has 1 amide bonds. The first-order valence-electron chi connectivity index (χ1n) is 10.7. The molecule has 0 fully saturated rings. The molecule has 3 aromatic rings. The number of aryl methyl sites for hydroxylation is 4. The third-order valence-corrected chi connectivity index (χ3v) is 6.06. The van der Waals surface area contributed by atoms with E-state index < -0.39 is 0 Å². The lowest BCUT2D eigenvalue weighted by atomic mass is 9.93. The summed E-state index contributed by atoms with van der Waals surface area (Å²) >= 11 is 0. The van der Waals surface area contributed by atoms with Crippen LogP contribution in [0.5, 0.6) is 5.75 Å². The summed E-state index contributed by atoms with van der Waals surface area (Å²) in [5.74, 6) is 1.74. The number of amides is 1. The minimum Gasteiger partial charge on any atom is -0.496 e. The maximum atomic E-state index is 12.7. The van der Waals surface area contributed by atoms with Gasteiger partial charge in [-0.3, -0.25) is 4.79 Å². The van der Waals surface area contributed by atoms with E-state index in [1.807, 2.05) is 38.1 Å². The Morgan fingerprint density at radius 1 is 1.23 bits per heavy atom. The second kappa shape index (κ2) is 8.39. The molecule has 2 aromatic carbocycles. The molecule has 1 N–H and O–H groups in total. The molecule has 4 nitrogen and oxygen atoms in total. The van der Waals surface area contributed by atoms with Crippen molar-refractivity contribution in [3.63, 3.8) is 0 Å². The zero-order valence-electron chi connectivity index (χ0n) is 18.2. The summed E-state index contributed by atoms with van der Waals surface area (Å²) in [4.78, 5) is 12.7. The standard InChI is InChI=1S/C26H29NO3/c1-5-18-10-6-8-12-22(18)27-24(28)14-16(2)20-15-21-19-11-7-9-13-23(19)30-26(21)17(3)25(20)29-4/h6,8,10,12,14-15H,5,7,9,11,13H2,1-4H3,(H,27,28)/b16-14+. The van der Waals surface area contributed by atoms with Crippen LogP contribution in [-0.4, -0.2) is 13.0 Å². The van der Waals surface area contributed by atoms with Crippen molar-refractivity contribution in [1.82, 2.24) is 0 Å². The van der Waals surface area contributed by atoms with E-state index >= 15 is 0 Å². The van der Waals surface area contributed by atoms with Crippen LogP contribution >= 0.6 is 0 Å². The van der Waals surface area contributed by atoms with Gasteiger partial charge in [-0.05, 0) is 62.8 Å². The summed E-state index contributed by atoms with van der Waals surface area (Å²) in [5, 5.41) is 4.18. The van der Waals surface area contributed by atoms with E-state index in [1.54, 1.807) is 13.2 Å². The highest BCUT2D eigenvalue weighted by molar-refractivity contribution is 6.05. The molecule has 0 radical (unpaired) electrons. The quantitative estimate of drug-likeness (QED) is 0.514. The van der Waals surface area contributed by atoms with Crippen LogP contribution in [-0.2, 0) is 24.1 Å². The Bertz CT molecular complexity index is 1140. The van der Waals surface area contributed by atoms with Gasteiger partial charge in [-0.15, -0.1) is 0 Å². The number of hydrogen-bond acceptors (Lipinski definition) is 3. The highest BCUT2D eigenvalue weighted by Crippen LogP contribution is 2.41. The van der Waals surface area contributed by atoms with Crippen LogP contribution < -0.4 is 10.1 Å². The van der Waals surface area contributed by atoms with Gasteiger partial charge < -0.3 is 14.5 Å². The molecule has 0 bridgehead atoms. The van der Waals surface area contributed by atoms with Crippen LogP contribution in [0, 0.1) is 6.92 Å². The number of carbonyl (C=O) groups excluding carboxylic acids is 1. The Morgan fingerprint density at radius 2 is 2.00 bits per heavy atom. The van der Waals surface area contributed by atoms with E-state index in [0.29, 0.717) is 0 Å². The summed E-state index contributed by atoms with van der Waals surface area (Å²) in [5.41, 5.74) is 7.01. The average Bonchev–Trinajstić information content (AvgIpc) is 3.13. The fraction of sp³-hybridized carbons (Fsp3) is 0.346. The van der Waals surface area contributed by atoms with E-state index in [-0.39, 0.29) is 5.91 Å². The molecule has 1 aromatic heterocycles. The fourth-order valence-corrected chi connectivity index (χ4v) is 4.49. The van der Waals surface area contributed by atoms with Gasteiger partial charge in [0, 0.05) is 40.3 Å². The highest BCUT2D eigenvalue weighted by Gasteiger charge is 2.23. The lowest BCUT2D eigenvalue weighted by Crippen LogP contribution is -2.10. The van der Waals surface area contributed by atoms with E-state index in [1.165, 1.54) is 18.4 Å². The Labute approximate surface area is 177 Å². The van der Waals surface area contributed by atoms with Gasteiger partial charge >= 0.3 is 0 Å². The fourth-order valence-electron chi connectivity index (χ4n) is 4.49. The number of benzene rings is 2. The van der Waals surface area contributed by atoms with Crippen molar-refractivity contribution in [2.24, 2.45) is 0 Å². The van der Waals surface area contributed by atoms with E-state index in [9.17, 15) is 4.79 Å². The molecule has 0 saturated carbocycles. The lowest BCUT2D eigenvalue weighted by molar-refractivity contribution is -0.111. The van der Waals surface area contributed by atoms with Crippen LogP contribution in [0.25, 0.3) is 16.5 Å². The molecular formula is C26H29NO3. The molecule has 0 atom stereocenters. The van der Waals surface area contributed by atoms with Gasteiger partial charge in [-0.2, -0.15) is 0 Å². The van der Waals surface area contributed by atoms with Crippen molar-refractivity contribution in [3.8, 4) is 5.75 Å². The number of carbonyl (C=O) groups is 1. The lowest BCUT2D eigenvalue weighted by Gasteiger charge is -2.14. The summed E-state index contributed by atoms with van der Waals surface area (Å²) < 4.78 is 11.9. The number of allylic oxidation sites excluding steroid dienone is 1. The van der Waals surface area contributed by atoms with E-state index in [4.69, 9.17) is 9.15 Å². The molecule has 0 saturated heterocycles. The molecule has 1 aliphatic carbocycles. The molecule has 1 heterocycles. The molecule has 0 aliphatic heterocycles. The second-order valence-corrected chi connectivity index (χ2v) is 8.00. The maximum Gasteiger partial charge on any atom is 0.248 e. The zero-order valence-corrected chi connectivity index (χ0v) is 18.2. The van der Waals surface area contributed by atoms with Gasteiger partial charge in [0.25, 0.3) is 0 Å². The molecule has 4 rings (SSSR count). The first-order chi connectivity index (χ1) is 14.5. The monoisotopic (exact) mass is 403 g/mol. The van der Waals surface area contributed by atoms with Gasteiger partial charge in [-0.25, -0.2) is 0 Å². The molecule has 4 heteroatoms. The maximum absolute atomic E-state index is 12.7. The van der Waals surface area contributed by atoms with Crippen molar-refractivity contribution in [2.45, 2.75) is 52.9 Å². The largest absolute Gasteiger partial charge is 0.496 e. The summed E-state index contributed by atoms with van der Waals surface area (Å²) in [6.07, 6.45) is 6.93. The number of ether oxygens (including phenoxy) is 1. The summed E-state index contributed by atoms with van der Waals surface area (Å²) in [6, 6.07) is 10.0. The third kappa shape index (κ3) is 3.62. The summed E-state index contributed by atoms with van der Waals surface area (Å²) in [7, 11) is 1.67. The second-order valence-electron chi connectivity index (χ2n) is 8.00. The number of methoxy groups -OCH3 is 1. The van der Waals surface area contributed by atoms with Gasteiger partial charge in [0.1, 0.15) is 17.1 Å². The predicted molar refractivity (Wildman–Crippen MR) is 122 cm³/mol. The van der Waals surface area contributed by atoms with Crippen molar-refractivity contribution in [2.75, 3.05) is 12.4 Å². The number of fused-ring (bicyclic) bond motifs is 3. The SMILES string of the molecule is CCc1ccccc1NC(=O)/C=C(\C)c1cc2c3c(oc2c(C)c1OC)CCCC3. The van der Waals surface area contributed by atoms with Gasteiger partial charge in [0.15, 0.2) is 0 Å². The molecule has 0 unspecified atom stereocenters. The van der Waals surface area contributed by atoms with Crippen LogP contribution in [0.4, 0.5) is 5.69 Å². The van der Waals surface area contributed by atoms with Gasteiger partial charge in [0.05, 0.1) is 7.11 Å². The first kappa shape index (κ1) is 20.3. The number of furan rings is 1. The molecular weight excluding hydrogens is 374 g/mol. The zero-order chi connectivity index (χ0) is 21.3.